The summed E-state index contributed by atoms with van der Waals surface area (Å²) in [6.45, 7) is 2.14. The van der Waals surface area contributed by atoms with Crippen LogP contribution < -0.4 is 5.32 Å². The lowest BCUT2D eigenvalue weighted by atomic mass is 9.83. The van der Waals surface area contributed by atoms with Gasteiger partial charge >= 0.3 is 5.97 Å². The van der Waals surface area contributed by atoms with Gasteiger partial charge < -0.3 is 10.1 Å². The van der Waals surface area contributed by atoms with Crippen molar-refractivity contribution in [2.75, 3.05) is 7.05 Å². The Balaban J connectivity index is 2.13. The highest BCUT2D eigenvalue weighted by Crippen LogP contribution is 2.31. The molecule has 0 amide bonds. The fourth-order valence-electron chi connectivity index (χ4n) is 3.45. The van der Waals surface area contributed by atoms with E-state index in [1.54, 1.807) is 13.2 Å². The summed E-state index contributed by atoms with van der Waals surface area (Å²) >= 11 is 5.36. The first-order valence-corrected chi connectivity index (χ1v) is 9.41. The zero-order valence-corrected chi connectivity index (χ0v) is 15.5. The lowest BCUT2D eigenvalue weighted by molar-refractivity contribution is -0.153. The van der Waals surface area contributed by atoms with Gasteiger partial charge in [-0.05, 0) is 37.3 Å². The minimum atomic E-state index is -0.630. The quantitative estimate of drug-likeness (QED) is 0.596. The maximum atomic E-state index is 12.9. The predicted molar refractivity (Wildman–Crippen MR) is 100.0 cm³/mol. The number of rotatable bonds is 7. The molecule has 0 spiro atoms. The zero-order valence-electron chi connectivity index (χ0n) is 14.7. The number of pyridine rings is 1. The summed E-state index contributed by atoms with van der Waals surface area (Å²) in [6, 6.07) is 5.52. The Morgan fingerprint density at radius 3 is 2.71 bits per heavy atom. The monoisotopic (exact) mass is 348 g/mol. The van der Waals surface area contributed by atoms with E-state index in [2.05, 4.69) is 17.2 Å². The van der Waals surface area contributed by atoms with Crippen molar-refractivity contribution in [2.45, 2.75) is 63.9 Å². The summed E-state index contributed by atoms with van der Waals surface area (Å²) in [5, 5.41) is 2.92. The minimum absolute atomic E-state index is 0.00586. The van der Waals surface area contributed by atoms with Crippen LogP contribution in [0, 0.1) is 5.92 Å². The van der Waals surface area contributed by atoms with Crippen molar-refractivity contribution < 1.29 is 9.53 Å². The number of thiocarbonyl (C=S) groups is 1. The van der Waals surface area contributed by atoms with E-state index >= 15 is 0 Å². The number of carbonyl (C=O) groups is 1. The van der Waals surface area contributed by atoms with Crippen molar-refractivity contribution in [1.29, 1.82) is 0 Å². The molecule has 5 heteroatoms. The van der Waals surface area contributed by atoms with E-state index in [4.69, 9.17) is 17.0 Å². The Bertz CT molecular complexity index is 529. The third-order valence-electron chi connectivity index (χ3n) is 4.74. The van der Waals surface area contributed by atoms with Crippen LogP contribution in [0.15, 0.2) is 24.4 Å². The van der Waals surface area contributed by atoms with E-state index in [1.165, 1.54) is 19.3 Å². The molecule has 0 bridgehead atoms. The Labute approximate surface area is 150 Å². The molecule has 1 aromatic rings. The van der Waals surface area contributed by atoms with Crippen LogP contribution in [0.1, 0.15) is 63.5 Å². The number of aromatic nitrogens is 1. The first-order valence-electron chi connectivity index (χ1n) is 9.00. The van der Waals surface area contributed by atoms with E-state index in [-0.39, 0.29) is 12.1 Å². The molecule has 1 saturated carbocycles. The molecule has 1 aliphatic carbocycles. The van der Waals surface area contributed by atoms with Crippen LogP contribution in [0.4, 0.5) is 0 Å². The van der Waals surface area contributed by atoms with Crippen LogP contribution in [0.25, 0.3) is 0 Å². The molecule has 0 radical (unpaired) electrons. The molecule has 1 N–H and O–H groups in total. The first-order chi connectivity index (χ1) is 11.7. The van der Waals surface area contributed by atoms with Crippen molar-refractivity contribution in [3.05, 3.63) is 30.1 Å². The average Bonchev–Trinajstić information content (AvgIpc) is 2.63. The zero-order chi connectivity index (χ0) is 17.4. The van der Waals surface area contributed by atoms with Crippen LogP contribution >= 0.6 is 12.2 Å². The van der Waals surface area contributed by atoms with Crippen molar-refractivity contribution in [1.82, 2.24) is 10.3 Å². The van der Waals surface area contributed by atoms with E-state index in [9.17, 15) is 4.79 Å². The Kier molecular flexibility index (Phi) is 7.63. The number of esters is 1. The van der Waals surface area contributed by atoms with Crippen molar-refractivity contribution in [3.63, 3.8) is 0 Å². The summed E-state index contributed by atoms with van der Waals surface area (Å²) in [6.07, 6.45) is 9.68. The molecule has 4 nitrogen and oxygen atoms in total. The molecular formula is C19H28N2O2S. The summed E-state index contributed by atoms with van der Waals surface area (Å²) < 4.78 is 5.96. The predicted octanol–water partition coefficient (Wildman–Crippen LogP) is 4.00. The Morgan fingerprint density at radius 1 is 1.38 bits per heavy atom. The maximum absolute atomic E-state index is 12.9. The molecule has 0 aliphatic heterocycles. The SMILES string of the molecule is CCCC(OC(=O)C(C(=S)NC)c1ccccn1)C1CCCCC1. The highest BCUT2D eigenvalue weighted by molar-refractivity contribution is 7.80. The number of hydrogen-bond donors (Lipinski definition) is 1. The van der Waals surface area contributed by atoms with Crippen molar-refractivity contribution in [2.24, 2.45) is 5.92 Å². The molecule has 2 rings (SSSR count). The Hall–Kier alpha value is -1.49. The largest absolute Gasteiger partial charge is 0.461 e. The van der Waals surface area contributed by atoms with E-state index < -0.39 is 5.92 Å². The number of hydrogen-bond acceptors (Lipinski definition) is 4. The fraction of sp³-hybridized carbons (Fsp3) is 0.632. The van der Waals surface area contributed by atoms with E-state index in [0.717, 1.165) is 25.7 Å². The molecule has 24 heavy (non-hydrogen) atoms. The van der Waals surface area contributed by atoms with Gasteiger partial charge in [-0.2, -0.15) is 0 Å². The Morgan fingerprint density at radius 2 is 2.12 bits per heavy atom. The number of likely N-dealkylation sites (N-methyl/N-ethyl adjacent to an activating group) is 1. The molecule has 0 saturated heterocycles. The molecule has 2 atom stereocenters. The third kappa shape index (κ3) is 5.00. The molecule has 0 aromatic carbocycles. The van der Waals surface area contributed by atoms with Crippen molar-refractivity contribution >= 4 is 23.2 Å². The number of carbonyl (C=O) groups excluding carboxylic acids is 1. The second-order valence-corrected chi connectivity index (χ2v) is 6.90. The third-order valence-corrected chi connectivity index (χ3v) is 5.18. The number of nitrogens with one attached hydrogen (secondary N) is 1. The van der Waals surface area contributed by atoms with Gasteiger partial charge in [0.05, 0.1) is 10.7 Å². The van der Waals surface area contributed by atoms with Crippen LogP contribution in [0.3, 0.4) is 0 Å². The molecular weight excluding hydrogens is 320 g/mol. The van der Waals surface area contributed by atoms with Crippen LogP contribution in [-0.2, 0) is 9.53 Å². The smallest absolute Gasteiger partial charge is 0.322 e. The second-order valence-electron chi connectivity index (χ2n) is 6.46. The molecule has 132 valence electrons. The minimum Gasteiger partial charge on any atom is -0.461 e. The first kappa shape index (κ1) is 18.8. The molecule has 1 aromatic heterocycles. The highest BCUT2D eigenvalue weighted by Gasteiger charge is 2.32. The second kappa shape index (κ2) is 9.72. The van der Waals surface area contributed by atoms with Gasteiger partial charge in [-0.1, -0.05) is 50.9 Å². The van der Waals surface area contributed by atoms with Gasteiger partial charge in [0.1, 0.15) is 12.0 Å². The van der Waals surface area contributed by atoms with Crippen LogP contribution in [0.5, 0.6) is 0 Å². The van der Waals surface area contributed by atoms with Gasteiger partial charge in [0.15, 0.2) is 0 Å². The fourth-order valence-corrected chi connectivity index (χ4v) is 3.67. The van der Waals surface area contributed by atoms with E-state index in [0.29, 0.717) is 16.6 Å². The van der Waals surface area contributed by atoms with Gasteiger partial charge in [0, 0.05) is 13.2 Å². The van der Waals surface area contributed by atoms with Gasteiger partial charge in [0.2, 0.25) is 0 Å². The average molecular weight is 349 g/mol. The topological polar surface area (TPSA) is 51.2 Å². The number of nitrogens with zero attached hydrogens (tertiary/aromatic N) is 1. The number of ether oxygens (including phenoxy) is 1. The highest BCUT2D eigenvalue weighted by atomic mass is 32.1. The van der Waals surface area contributed by atoms with Gasteiger partial charge in [0.25, 0.3) is 0 Å². The van der Waals surface area contributed by atoms with Gasteiger partial charge in [-0.3, -0.25) is 9.78 Å². The summed E-state index contributed by atoms with van der Waals surface area (Å²) in [5.41, 5.74) is 0.640. The van der Waals surface area contributed by atoms with Crippen molar-refractivity contribution in [3.8, 4) is 0 Å². The molecule has 2 unspecified atom stereocenters. The van der Waals surface area contributed by atoms with Crippen LogP contribution in [0.2, 0.25) is 0 Å². The van der Waals surface area contributed by atoms with Gasteiger partial charge in [-0.15, -0.1) is 0 Å². The van der Waals surface area contributed by atoms with Crippen LogP contribution in [-0.4, -0.2) is 29.1 Å². The maximum Gasteiger partial charge on any atom is 0.322 e. The van der Waals surface area contributed by atoms with Gasteiger partial charge in [-0.25, -0.2) is 0 Å². The summed E-state index contributed by atoms with van der Waals surface area (Å²) in [4.78, 5) is 17.6. The lowest BCUT2D eigenvalue weighted by Crippen LogP contribution is -2.36. The summed E-state index contributed by atoms with van der Waals surface area (Å²) in [7, 11) is 1.73. The normalized spacial score (nSPS) is 17.8. The summed E-state index contributed by atoms with van der Waals surface area (Å²) in [5.74, 6) is -0.429. The molecule has 1 fully saturated rings. The standard InChI is InChI=1S/C19H28N2O2S/c1-3-9-16(14-10-5-4-6-11-14)23-19(22)17(18(24)20-2)15-12-7-8-13-21-15/h7-8,12-14,16-17H,3-6,9-11H2,1-2H3,(H,20,24). The van der Waals surface area contributed by atoms with E-state index in [1.807, 2.05) is 18.2 Å². The lowest BCUT2D eigenvalue weighted by Gasteiger charge is -2.31. The molecule has 1 heterocycles. The molecule has 1 aliphatic rings.